The Kier molecular flexibility index (Phi) is 9.15. The monoisotopic (exact) mass is 588 g/mol. The van der Waals surface area contributed by atoms with E-state index in [-0.39, 0.29) is 21.3 Å². The van der Waals surface area contributed by atoms with Crippen LogP contribution in [0.4, 0.5) is 0 Å². The Labute approximate surface area is 242 Å². The van der Waals surface area contributed by atoms with Crippen molar-refractivity contribution < 1.29 is 25.2 Å². The second-order valence-electron chi connectivity index (χ2n) is 9.53. The fourth-order valence-electron chi connectivity index (χ4n) is 4.42. The third-order valence-electron chi connectivity index (χ3n) is 6.37. The highest BCUT2D eigenvalue weighted by atomic mass is 32.2. The van der Waals surface area contributed by atoms with Gasteiger partial charge in [-0.15, -0.1) is 0 Å². The average molecular weight is 589 g/mol. The molecule has 0 spiro atoms. The molecule has 6 nitrogen and oxygen atoms in total. The third kappa shape index (κ3) is 7.14. The predicted octanol–water partition coefficient (Wildman–Crippen LogP) is 7.50. The Morgan fingerprint density at radius 2 is 0.976 bits per heavy atom. The molecule has 0 fully saturated rings. The summed E-state index contributed by atoms with van der Waals surface area (Å²) in [5.74, 6) is 0.463. The van der Waals surface area contributed by atoms with Crippen molar-refractivity contribution >= 4 is 32.4 Å². The van der Waals surface area contributed by atoms with Crippen LogP contribution in [-0.4, -0.2) is 16.8 Å². The highest BCUT2D eigenvalue weighted by Crippen LogP contribution is 2.30. The highest BCUT2D eigenvalue weighted by molar-refractivity contribution is 7.87. The number of rotatable bonds is 10. The normalized spacial score (nSPS) is 12.2. The summed E-state index contributed by atoms with van der Waals surface area (Å²) < 4.78 is 63.1. The molecular weight excluding hydrogens is 556 g/mol. The van der Waals surface area contributed by atoms with Gasteiger partial charge in [0.1, 0.15) is 21.3 Å². The second kappa shape index (κ2) is 12.6. The van der Waals surface area contributed by atoms with Crippen molar-refractivity contribution in [1.82, 2.24) is 0 Å². The summed E-state index contributed by atoms with van der Waals surface area (Å²) >= 11 is 0. The fourth-order valence-corrected chi connectivity index (χ4v) is 6.79. The van der Waals surface area contributed by atoms with Crippen LogP contribution in [0.1, 0.15) is 47.2 Å². The molecule has 0 aromatic heterocycles. The maximum absolute atomic E-state index is 13.0. The molecule has 8 heteroatoms. The predicted molar refractivity (Wildman–Crippen MR) is 163 cm³/mol. The zero-order chi connectivity index (χ0) is 29.6. The molecule has 4 rings (SSSR count). The lowest BCUT2D eigenvalue weighted by Crippen LogP contribution is -2.12. The van der Waals surface area contributed by atoms with Crippen LogP contribution in [-0.2, 0) is 26.7 Å². The topological polar surface area (TPSA) is 86.7 Å². The number of hydrogen-bond acceptors (Lipinski definition) is 6. The highest BCUT2D eigenvalue weighted by Gasteiger charge is 2.22. The van der Waals surface area contributed by atoms with Crippen LogP contribution in [0.2, 0.25) is 0 Å². The minimum Gasteiger partial charge on any atom is -0.378 e. The molecule has 0 atom stereocenters. The lowest BCUT2D eigenvalue weighted by atomic mass is 10.00. The Morgan fingerprint density at radius 1 is 0.585 bits per heavy atom. The molecular formula is C33H32O6S2. The van der Waals surface area contributed by atoms with E-state index in [9.17, 15) is 16.8 Å². The van der Waals surface area contributed by atoms with E-state index in [1.807, 2.05) is 50.3 Å². The summed E-state index contributed by atoms with van der Waals surface area (Å²) in [6, 6.07) is 24.1. The van der Waals surface area contributed by atoms with E-state index in [0.29, 0.717) is 28.7 Å². The SMILES string of the molecule is CC=Cc1cc(Cc2ccc(OS(=O)(=O)c3ccccc3C)c(C=CC)c2)ccc1OS(=O)(=O)c1ccccc1C. The van der Waals surface area contributed by atoms with E-state index >= 15 is 0 Å². The number of benzene rings is 4. The minimum atomic E-state index is -4.02. The van der Waals surface area contributed by atoms with Crippen molar-refractivity contribution in [3.05, 3.63) is 130 Å². The third-order valence-corrected chi connectivity index (χ3v) is 9.17. The largest absolute Gasteiger partial charge is 0.378 e. The first-order chi connectivity index (χ1) is 19.5. The summed E-state index contributed by atoms with van der Waals surface area (Å²) in [6.07, 6.45) is 7.75. The summed E-state index contributed by atoms with van der Waals surface area (Å²) in [7, 11) is -8.03. The van der Waals surface area contributed by atoms with Gasteiger partial charge in [0.05, 0.1) is 0 Å². The van der Waals surface area contributed by atoms with E-state index in [1.54, 1.807) is 74.5 Å². The number of hydrogen-bond donors (Lipinski definition) is 0. The van der Waals surface area contributed by atoms with Gasteiger partial charge in [-0.2, -0.15) is 16.8 Å². The zero-order valence-electron chi connectivity index (χ0n) is 23.4. The van der Waals surface area contributed by atoms with Gasteiger partial charge in [-0.05, 0) is 92.8 Å². The Balaban J connectivity index is 1.61. The molecule has 4 aromatic rings. The molecule has 4 aromatic carbocycles. The van der Waals surface area contributed by atoms with Crippen LogP contribution in [0.3, 0.4) is 0 Å². The molecule has 0 bridgehead atoms. The van der Waals surface area contributed by atoms with Gasteiger partial charge in [0.25, 0.3) is 0 Å². The smallest absolute Gasteiger partial charge is 0.339 e. The molecule has 0 N–H and O–H groups in total. The van der Waals surface area contributed by atoms with Gasteiger partial charge in [0.2, 0.25) is 0 Å². The van der Waals surface area contributed by atoms with E-state index < -0.39 is 20.2 Å². The quantitative estimate of drug-likeness (QED) is 0.178. The molecule has 0 unspecified atom stereocenters. The van der Waals surface area contributed by atoms with Gasteiger partial charge in [0.15, 0.2) is 0 Å². The van der Waals surface area contributed by atoms with Gasteiger partial charge in [-0.3, -0.25) is 0 Å². The molecule has 0 radical (unpaired) electrons. The van der Waals surface area contributed by atoms with E-state index in [4.69, 9.17) is 8.37 Å². The molecule has 0 aliphatic rings. The molecule has 0 aliphatic carbocycles. The van der Waals surface area contributed by atoms with Crippen molar-refractivity contribution in [3.63, 3.8) is 0 Å². The summed E-state index contributed by atoms with van der Waals surface area (Å²) in [6.45, 7) is 7.14. The fraction of sp³-hybridized carbons (Fsp3) is 0.152. The first-order valence-corrected chi connectivity index (χ1v) is 15.9. The van der Waals surface area contributed by atoms with Crippen LogP contribution in [0.25, 0.3) is 12.2 Å². The molecule has 0 amide bonds. The molecule has 0 heterocycles. The standard InChI is InChI=1S/C33H32O6S2/c1-5-11-28-22-26(17-19-30(28)38-40(34,35)32-15-9-7-13-24(32)3)21-27-18-20-31(29(23-27)12-6-2)39-41(36,37)33-16-10-8-14-25(33)4/h5-20,22-23H,21H2,1-4H3. The Hall–Kier alpha value is -4.14. The lowest BCUT2D eigenvalue weighted by Gasteiger charge is -2.14. The van der Waals surface area contributed by atoms with Crippen molar-refractivity contribution in [1.29, 1.82) is 0 Å². The van der Waals surface area contributed by atoms with Crippen LogP contribution in [0.15, 0.2) is 107 Å². The summed E-state index contributed by atoms with van der Waals surface area (Å²) in [5.41, 5.74) is 4.30. The van der Waals surface area contributed by atoms with E-state index in [0.717, 1.165) is 11.1 Å². The van der Waals surface area contributed by atoms with E-state index in [1.165, 1.54) is 12.1 Å². The van der Waals surface area contributed by atoms with Crippen molar-refractivity contribution in [3.8, 4) is 11.5 Å². The van der Waals surface area contributed by atoms with Crippen molar-refractivity contribution in [2.24, 2.45) is 0 Å². The summed E-state index contributed by atoms with van der Waals surface area (Å²) in [5, 5.41) is 0. The average Bonchev–Trinajstić information content (AvgIpc) is 2.92. The minimum absolute atomic E-state index is 0.124. The van der Waals surface area contributed by atoms with Crippen molar-refractivity contribution in [2.45, 2.75) is 43.9 Å². The van der Waals surface area contributed by atoms with E-state index in [2.05, 4.69) is 0 Å². The first-order valence-electron chi connectivity index (χ1n) is 13.1. The lowest BCUT2D eigenvalue weighted by molar-refractivity contribution is 0.483. The number of aryl methyl sites for hydroxylation is 2. The Bertz CT molecular complexity index is 1700. The van der Waals surface area contributed by atoms with Crippen molar-refractivity contribution in [2.75, 3.05) is 0 Å². The Morgan fingerprint density at radius 3 is 1.34 bits per heavy atom. The molecule has 212 valence electrons. The second-order valence-corrected chi connectivity index (χ2v) is 12.6. The van der Waals surface area contributed by atoms with Gasteiger partial charge < -0.3 is 8.37 Å². The van der Waals surface area contributed by atoms with Gasteiger partial charge in [-0.1, -0.05) is 72.8 Å². The zero-order valence-corrected chi connectivity index (χ0v) is 25.0. The maximum atomic E-state index is 13.0. The first kappa shape index (κ1) is 29.8. The van der Waals surface area contributed by atoms with Crippen LogP contribution in [0, 0.1) is 13.8 Å². The van der Waals surface area contributed by atoms with Crippen LogP contribution < -0.4 is 8.37 Å². The van der Waals surface area contributed by atoms with Crippen LogP contribution in [0.5, 0.6) is 11.5 Å². The molecule has 0 saturated heterocycles. The number of allylic oxidation sites excluding steroid dienone is 2. The van der Waals surface area contributed by atoms with Gasteiger partial charge in [-0.25, -0.2) is 0 Å². The van der Waals surface area contributed by atoms with Crippen LogP contribution >= 0.6 is 0 Å². The van der Waals surface area contributed by atoms with Gasteiger partial charge in [0, 0.05) is 11.1 Å². The molecule has 0 aliphatic heterocycles. The molecule has 0 saturated carbocycles. The van der Waals surface area contributed by atoms with Gasteiger partial charge >= 0.3 is 20.2 Å². The maximum Gasteiger partial charge on any atom is 0.339 e. The molecule has 41 heavy (non-hydrogen) atoms. The summed E-state index contributed by atoms with van der Waals surface area (Å²) in [4.78, 5) is 0.248.